The summed E-state index contributed by atoms with van der Waals surface area (Å²) >= 11 is 1.25. The van der Waals surface area contributed by atoms with Crippen LogP contribution >= 0.6 is 11.9 Å². The maximum Gasteiger partial charge on any atom is 0.410 e. The van der Waals surface area contributed by atoms with Crippen LogP contribution < -0.4 is 0 Å². The maximum absolute atomic E-state index is 12.2. The van der Waals surface area contributed by atoms with Crippen LogP contribution in [0, 0.1) is 0 Å². The van der Waals surface area contributed by atoms with E-state index >= 15 is 0 Å². The zero-order valence-corrected chi connectivity index (χ0v) is 18.2. The second-order valence-corrected chi connectivity index (χ2v) is 9.49. The van der Waals surface area contributed by atoms with Gasteiger partial charge in [-0.2, -0.15) is 0 Å². The topological polar surface area (TPSA) is 79.7 Å². The average Bonchev–Trinajstić information content (AvgIpc) is 2.94. The van der Waals surface area contributed by atoms with Gasteiger partial charge in [-0.1, -0.05) is 30.3 Å². The smallest absolute Gasteiger partial charge is 0.410 e. The number of nitrogens with zero attached hydrogens (tertiary/aromatic N) is 4. The van der Waals surface area contributed by atoms with Crippen molar-refractivity contribution in [2.24, 2.45) is 0 Å². The summed E-state index contributed by atoms with van der Waals surface area (Å²) in [6, 6.07) is 9.82. The van der Waals surface area contributed by atoms with E-state index < -0.39 is 17.5 Å². The van der Waals surface area contributed by atoms with Crippen molar-refractivity contribution in [2.75, 3.05) is 39.3 Å². The quantitative estimate of drug-likeness (QED) is 0.690. The molecule has 2 unspecified atom stereocenters. The molecule has 0 bridgehead atoms. The SMILES string of the molecule is CC(C)(C)OC(=O)N1CCN(CCN2SC(O)N(Cc3ccccc3)C2O)CC1. The predicted octanol–water partition coefficient (Wildman–Crippen LogP) is 1.56. The molecule has 2 fully saturated rings. The van der Waals surface area contributed by atoms with E-state index in [0.717, 1.165) is 25.2 Å². The lowest BCUT2D eigenvalue weighted by atomic mass is 10.2. The summed E-state index contributed by atoms with van der Waals surface area (Å²) in [5, 5.41) is 20.9. The minimum Gasteiger partial charge on any atom is -0.444 e. The van der Waals surface area contributed by atoms with E-state index in [4.69, 9.17) is 4.74 Å². The number of amides is 1. The highest BCUT2D eigenvalue weighted by Crippen LogP contribution is 2.32. The minimum atomic E-state index is -0.835. The van der Waals surface area contributed by atoms with E-state index in [0.29, 0.717) is 26.2 Å². The molecular weight excluding hydrogens is 392 g/mol. The Morgan fingerprint density at radius 1 is 1.10 bits per heavy atom. The molecule has 1 amide bonds. The molecule has 1 aromatic rings. The number of aliphatic hydroxyl groups is 2. The molecule has 0 spiro atoms. The first-order valence-corrected chi connectivity index (χ1v) is 10.9. The molecule has 1 aromatic carbocycles. The Morgan fingerprint density at radius 3 is 2.38 bits per heavy atom. The number of hydrogen-bond acceptors (Lipinski definition) is 8. The van der Waals surface area contributed by atoms with Gasteiger partial charge in [0.05, 0.1) is 0 Å². The van der Waals surface area contributed by atoms with Gasteiger partial charge in [-0.25, -0.2) is 14.0 Å². The third-order valence-corrected chi connectivity index (χ3v) is 6.04. The van der Waals surface area contributed by atoms with Gasteiger partial charge in [-0.15, -0.1) is 0 Å². The van der Waals surface area contributed by atoms with Crippen LogP contribution in [0.25, 0.3) is 0 Å². The summed E-state index contributed by atoms with van der Waals surface area (Å²) in [7, 11) is 0. The molecule has 3 rings (SSSR count). The number of carbonyl (C=O) groups is 1. The number of carbonyl (C=O) groups excluding carboxylic acids is 1. The number of piperazine rings is 1. The predicted molar refractivity (Wildman–Crippen MR) is 113 cm³/mol. The fourth-order valence-corrected chi connectivity index (χ4v) is 4.32. The van der Waals surface area contributed by atoms with E-state index in [1.165, 1.54) is 11.9 Å². The summed E-state index contributed by atoms with van der Waals surface area (Å²) in [5.74, 6) is 0. The van der Waals surface area contributed by atoms with Gasteiger partial charge in [0.15, 0.2) is 11.9 Å². The number of hydrogen-bond donors (Lipinski definition) is 2. The molecule has 8 nitrogen and oxygen atoms in total. The van der Waals surface area contributed by atoms with Crippen molar-refractivity contribution < 1.29 is 19.7 Å². The lowest BCUT2D eigenvalue weighted by Gasteiger charge is -2.36. The first-order chi connectivity index (χ1) is 13.7. The number of rotatable bonds is 5. The fourth-order valence-electron chi connectivity index (χ4n) is 3.36. The van der Waals surface area contributed by atoms with Crippen LogP contribution in [-0.4, -0.2) is 92.1 Å². The molecule has 0 radical (unpaired) electrons. The molecule has 2 N–H and O–H groups in total. The Bertz CT molecular complexity index is 664. The second-order valence-electron chi connectivity index (χ2n) is 8.39. The lowest BCUT2D eigenvalue weighted by Crippen LogP contribution is -2.51. The fraction of sp³-hybridized carbons (Fsp3) is 0.650. The van der Waals surface area contributed by atoms with Crippen LogP contribution in [0.5, 0.6) is 0 Å². The molecule has 9 heteroatoms. The summed E-state index contributed by atoms with van der Waals surface area (Å²) in [4.78, 5) is 17.8. The number of benzene rings is 1. The van der Waals surface area contributed by atoms with Crippen LogP contribution in [0.2, 0.25) is 0 Å². The molecule has 29 heavy (non-hydrogen) atoms. The third-order valence-electron chi connectivity index (χ3n) is 4.94. The Balaban J connectivity index is 1.42. The molecule has 2 saturated heterocycles. The second kappa shape index (κ2) is 9.63. The molecule has 162 valence electrons. The summed E-state index contributed by atoms with van der Waals surface area (Å²) in [5.41, 5.74) is -0.204. The Labute approximate surface area is 177 Å². The van der Waals surface area contributed by atoms with E-state index in [-0.39, 0.29) is 6.09 Å². The van der Waals surface area contributed by atoms with Crippen molar-refractivity contribution in [3.8, 4) is 0 Å². The maximum atomic E-state index is 12.2. The molecule has 2 aliphatic rings. The van der Waals surface area contributed by atoms with Crippen LogP contribution in [0.1, 0.15) is 26.3 Å². The normalized spacial score (nSPS) is 24.8. The zero-order chi connectivity index (χ0) is 21.0. The Morgan fingerprint density at radius 2 is 1.76 bits per heavy atom. The number of ether oxygens (including phenoxy) is 1. The Hall–Kier alpha value is -1.36. The van der Waals surface area contributed by atoms with E-state index in [2.05, 4.69) is 4.90 Å². The number of aliphatic hydroxyl groups excluding tert-OH is 2. The molecule has 0 aliphatic carbocycles. The Kier molecular flexibility index (Phi) is 7.42. The summed E-state index contributed by atoms with van der Waals surface area (Å²) in [6.45, 7) is 10.3. The van der Waals surface area contributed by atoms with Crippen molar-refractivity contribution in [3.05, 3.63) is 35.9 Å². The monoisotopic (exact) mass is 424 g/mol. The first-order valence-electron chi connectivity index (χ1n) is 10.0. The van der Waals surface area contributed by atoms with Gasteiger partial charge < -0.3 is 19.8 Å². The van der Waals surface area contributed by atoms with Crippen molar-refractivity contribution in [2.45, 2.75) is 44.8 Å². The average molecular weight is 425 g/mol. The molecule has 2 heterocycles. The van der Waals surface area contributed by atoms with Gasteiger partial charge in [-0.05, 0) is 38.3 Å². The van der Waals surface area contributed by atoms with Gasteiger partial charge in [0.2, 0.25) is 0 Å². The summed E-state index contributed by atoms with van der Waals surface area (Å²) < 4.78 is 7.24. The summed E-state index contributed by atoms with van der Waals surface area (Å²) in [6.07, 6.45) is -1.10. The van der Waals surface area contributed by atoms with Crippen LogP contribution in [0.3, 0.4) is 0 Å². The minimum absolute atomic E-state index is 0.262. The molecule has 2 aliphatic heterocycles. The van der Waals surface area contributed by atoms with Crippen LogP contribution in [-0.2, 0) is 11.3 Å². The van der Waals surface area contributed by atoms with Gasteiger partial charge >= 0.3 is 6.09 Å². The van der Waals surface area contributed by atoms with Crippen molar-refractivity contribution in [3.63, 3.8) is 0 Å². The van der Waals surface area contributed by atoms with Crippen LogP contribution in [0.15, 0.2) is 30.3 Å². The standard InChI is InChI=1S/C20H32N4O4S/c1-20(2,3)28-18(26)22-12-9-21(10-13-22)11-14-24-17(25)23(19(27)29-24)15-16-7-5-4-6-8-16/h4-8,17,19,25,27H,9-15H2,1-3H3. The molecule has 2 atom stereocenters. The van der Waals surface area contributed by atoms with Gasteiger partial charge in [-0.3, -0.25) is 4.90 Å². The van der Waals surface area contributed by atoms with Crippen molar-refractivity contribution in [1.82, 2.24) is 19.0 Å². The third kappa shape index (κ3) is 6.31. The van der Waals surface area contributed by atoms with Crippen molar-refractivity contribution >= 4 is 18.0 Å². The molecular formula is C20H32N4O4S. The van der Waals surface area contributed by atoms with Crippen LogP contribution in [0.4, 0.5) is 4.79 Å². The van der Waals surface area contributed by atoms with Gasteiger partial charge in [0.1, 0.15) is 5.60 Å². The van der Waals surface area contributed by atoms with Gasteiger partial charge in [0.25, 0.3) is 0 Å². The van der Waals surface area contributed by atoms with Gasteiger partial charge in [0, 0.05) is 45.8 Å². The zero-order valence-electron chi connectivity index (χ0n) is 17.4. The van der Waals surface area contributed by atoms with E-state index in [1.54, 1.807) is 9.80 Å². The van der Waals surface area contributed by atoms with E-state index in [1.807, 2.05) is 55.4 Å². The highest BCUT2D eigenvalue weighted by molar-refractivity contribution is 7.97. The highest BCUT2D eigenvalue weighted by Gasteiger charge is 2.38. The van der Waals surface area contributed by atoms with E-state index in [9.17, 15) is 15.0 Å². The van der Waals surface area contributed by atoms with Crippen molar-refractivity contribution in [1.29, 1.82) is 0 Å². The molecule has 0 saturated carbocycles. The largest absolute Gasteiger partial charge is 0.444 e. The lowest BCUT2D eigenvalue weighted by molar-refractivity contribution is -0.0973. The highest BCUT2D eigenvalue weighted by atomic mass is 32.2. The molecule has 0 aromatic heterocycles. The first kappa shape index (κ1) is 22.3.